The summed E-state index contributed by atoms with van der Waals surface area (Å²) < 4.78 is 4.94. The van der Waals surface area contributed by atoms with E-state index in [4.69, 9.17) is 4.74 Å². The molecule has 9 heteroatoms. The van der Waals surface area contributed by atoms with E-state index in [9.17, 15) is 19.7 Å². The van der Waals surface area contributed by atoms with E-state index >= 15 is 0 Å². The van der Waals surface area contributed by atoms with Crippen LogP contribution in [0.15, 0.2) is 72.8 Å². The summed E-state index contributed by atoms with van der Waals surface area (Å²) in [4.78, 5) is 35.4. The first-order chi connectivity index (χ1) is 17.5. The molecule has 184 valence electrons. The minimum atomic E-state index is -0.477. The Morgan fingerprint density at radius 3 is 2.61 bits per heavy atom. The molecule has 9 nitrogen and oxygen atoms in total. The van der Waals surface area contributed by atoms with Crippen LogP contribution in [-0.2, 0) is 20.9 Å². The van der Waals surface area contributed by atoms with Crippen molar-refractivity contribution in [3.63, 3.8) is 0 Å². The van der Waals surface area contributed by atoms with Gasteiger partial charge in [0.15, 0.2) is 0 Å². The van der Waals surface area contributed by atoms with Crippen molar-refractivity contribution >= 4 is 40.2 Å². The maximum Gasteiger partial charge on any atom is 0.307 e. The molecule has 0 unspecified atom stereocenters. The van der Waals surface area contributed by atoms with Crippen molar-refractivity contribution in [1.29, 1.82) is 0 Å². The smallest absolute Gasteiger partial charge is 0.307 e. The number of nitro benzene ring substituents is 1. The molecule has 3 aromatic rings. The van der Waals surface area contributed by atoms with Crippen molar-refractivity contribution in [2.75, 3.05) is 23.8 Å². The van der Waals surface area contributed by atoms with Crippen LogP contribution in [0.25, 0.3) is 11.3 Å². The Kier molecular flexibility index (Phi) is 7.72. The van der Waals surface area contributed by atoms with Crippen LogP contribution in [0.3, 0.4) is 0 Å². The first kappa shape index (κ1) is 24.6. The van der Waals surface area contributed by atoms with Crippen LogP contribution in [0.2, 0.25) is 0 Å². The van der Waals surface area contributed by atoms with Crippen LogP contribution >= 0.6 is 0 Å². The van der Waals surface area contributed by atoms with Crippen LogP contribution in [-0.4, -0.2) is 30.0 Å². The molecule has 4 rings (SSSR count). The number of benzene rings is 3. The van der Waals surface area contributed by atoms with E-state index < -0.39 is 4.92 Å². The molecular formula is C27H26N4O5. The molecule has 0 atom stereocenters. The Labute approximate surface area is 208 Å². The van der Waals surface area contributed by atoms with E-state index in [1.54, 1.807) is 13.0 Å². The number of fused-ring (bicyclic) bond motifs is 1. The summed E-state index contributed by atoms with van der Waals surface area (Å²) in [5, 5.41) is 20.8. The Bertz CT molecular complexity index is 1320. The van der Waals surface area contributed by atoms with Crippen LogP contribution in [0.4, 0.5) is 17.1 Å². The van der Waals surface area contributed by atoms with Crippen LogP contribution in [0.1, 0.15) is 30.0 Å². The Balaban J connectivity index is 1.63. The van der Waals surface area contributed by atoms with Gasteiger partial charge in [-0.3, -0.25) is 19.7 Å². The van der Waals surface area contributed by atoms with E-state index in [-0.39, 0.29) is 24.0 Å². The molecule has 3 aromatic carbocycles. The number of nitro groups is 1. The molecule has 0 spiro atoms. The summed E-state index contributed by atoms with van der Waals surface area (Å²) in [6, 6.07) is 21.4. The van der Waals surface area contributed by atoms with E-state index in [1.165, 1.54) is 12.1 Å². The summed E-state index contributed by atoms with van der Waals surface area (Å²) in [6.45, 7) is 3.17. The van der Waals surface area contributed by atoms with Gasteiger partial charge >= 0.3 is 5.97 Å². The first-order valence-corrected chi connectivity index (χ1v) is 11.6. The number of amides is 1. The lowest BCUT2D eigenvalue weighted by Gasteiger charge is -2.15. The van der Waals surface area contributed by atoms with Gasteiger partial charge in [0.2, 0.25) is 0 Å². The van der Waals surface area contributed by atoms with E-state index in [1.807, 2.05) is 54.6 Å². The third kappa shape index (κ3) is 5.76. The molecule has 1 aliphatic rings. The van der Waals surface area contributed by atoms with E-state index in [2.05, 4.69) is 16.0 Å². The molecule has 0 aliphatic carbocycles. The zero-order valence-corrected chi connectivity index (χ0v) is 19.7. The molecule has 3 N–H and O–H groups in total. The molecule has 0 saturated heterocycles. The molecule has 0 fully saturated rings. The van der Waals surface area contributed by atoms with Gasteiger partial charge in [-0.1, -0.05) is 42.5 Å². The van der Waals surface area contributed by atoms with Crippen molar-refractivity contribution < 1.29 is 19.2 Å². The monoisotopic (exact) mass is 486 g/mol. The highest BCUT2D eigenvalue weighted by Gasteiger charge is 2.30. The van der Waals surface area contributed by atoms with Gasteiger partial charge in [0, 0.05) is 42.2 Å². The van der Waals surface area contributed by atoms with Crippen molar-refractivity contribution in [1.82, 2.24) is 5.32 Å². The Hall–Kier alpha value is -4.50. The molecule has 36 heavy (non-hydrogen) atoms. The third-order valence-electron chi connectivity index (χ3n) is 5.61. The first-order valence-electron chi connectivity index (χ1n) is 11.6. The third-order valence-corrected chi connectivity index (χ3v) is 5.61. The average Bonchev–Trinajstić information content (AvgIpc) is 3.21. The molecule has 0 saturated carbocycles. The molecule has 1 amide bonds. The number of nitrogens with zero attached hydrogens (tertiary/aromatic N) is 1. The van der Waals surface area contributed by atoms with Crippen LogP contribution in [0, 0.1) is 10.1 Å². The fraction of sp³-hybridized carbons (Fsp3) is 0.185. The number of hydrogen-bond acceptors (Lipinski definition) is 7. The van der Waals surface area contributed by atoms with E-state index in [0.29, 0.717) is 42.2 Å². The van der Waals surface area contributed by atoms with Crippen LogP contribution in [0.5, 0.6) is 0 Å². The highest BCUT2D eigenvalue weighted by molar-refractivity contribution is 6.37. The predicted molar refractivity (Wildman–Crippen MR) is 138 cm³/mol. The van der Waals surface area contributed by atoms with E-state index in [0.717, 1.165) is 16.8 Å². The van der Waals surface area contributed by atoms with Crippen molar-refractivity contribution in [3.05, 3.63) is 99.6 Å². The molecule has 0 aromatic heterocycles. The quantitative estimate of drug-likeness (QED) is 0.126. The summed E-state index contributed by atoms with van der Waals surface area (Å²) in [6.07, 6.45) is 0.288. The fourth-order valence-corrected chi connectivity index (χ4v) is 3.96. The van der Waals surface area contributed by atoms with Crippen molar-refractivity contribution in [3.8, 4) is 0 Å². The van der Waals surface area contributed by atoms with Gasteiger partial charge < -0.3 is 20.7 Å². The number of carbonyl (C=O) groups excluding carboxylic acids is 2. The lowest BCUT2D eigenvalue weighted by atomic mass is 9.99. The number of rotatable bonds is 10. The summed E-state index contributed by atoms with van der Waals surface area (Å²) in [7, 11) is 0. The summed E-state index contributed by atoms with van der Waals surface area (Å²) in [5.74, 6) is -0.580. The average molecular weight is 487 g/mol. The molecular weight excluding hydrogens is 460 g/mol. The maximum atomic E-state index is 13.0. The second-order valence-electron chi connectivity index (χ2n) is 8.11. The SMILES string of the molecule is CCOC(=O)CCNCc1cccc(NC(=C2C(=O)Nc3ccc([N+](=O)[O-])cc32)c2ccccc2)c1. The van der Waals surface area contributed by atoms with Gasteiger partial charge in [-0.15, -0.1) is 0 Å². The largest absolute Gasteiger partial charge is 0.466 e. The Morgan fingerprint density at radius 2 is 1.86 bits per heavy atom. The van der Waals surface area contributed by atoms with Crippen molar-refractivity contribution in [2.24, 2.45) is 0 Å². The maximum absolute atomic E-state index is 13.0. The molecule has 0 bridgehead atoms. The number of esters is 1. The van der Waals surface area contributed by atoms with Gasteiger partial charge in [-0.05, 0) is 36.2 Å². The fourth-order valence-electron chi connectivity index (χ4n) is 3.96. The Morgan fingerprint density at radius 1 is 1.06 bits per heavy atom. The molecule has 1 aliphatic heterocycles. The van der Waals surface area contributed by atoms with Gasteiger partial charge in [0.25, 0.3) is 11.6 Å². The lowest BCUT2D eigenvalue weighted by molar-refractivity contribution is -0.384. The second-order valence-corrected chi connectivity index (χ2v) is 8.11. The predicted octanol–water partition coefficient (Wildman–Crippen LogP) is 4.57. The number of anilines is 2. The number of hydrogen-bond donors (Lipinski definition) is 3. The normalized spacial score (nSPS) is 13.5. The van der Waals surface area contributed by atoms with Gasteiger partial charge in [-0.25, -0.2) is 0 Å². The molecule has 1 heterocycles. The highest BCUT2D eigenvalue weighted by Crippen LogP contribution is 2.39. The summed E-state index contributed by atoms with van der Waals surface area (Å²) in [5.41, 5.74) is 4.27. The standard InChI is InChI=1S/C27H26N4O5/c1-2-36-24(32)13-14-28-17-18-7-6-10-20(15-18)29-26(19-8-4-3-5-9-19)25-22-16-21(31(34)35)11-12-23(22)30-27(25)33/h3-12,15-16,28-29H,2,13-14,17H2,1H3,(H,30,33). The molecule has 0 radical (unpaired) electrons. The summed E-state index contributed by atoms with van der Waals surface area (Å²) >= 11 is 0. The van der Waals surface area contributed by atoms with Crippen molar-refractivity contribution in [2.45, 2.75) is 19.9 Å². The topological polar surface area (TPSA) is 123 Å². The van der Waals surface area contributed by atoms with Gasteiger partial charge in [-0.2, -0.15) is 0 Å². The number of non-ortho nitro benzene ring substituents is 1. The number of carbonyl (C=O) groups is 2. The number of nitrogens with one attached hydrogen (secondary N) is 3. The highest BCUT2D eigenvalue weighted by atomic mass is 16.6. The number of ether oxygens (including phenoxy) is 1. The second kappa shape index (κ2) is 11.3. The lowest BCUT2D eigenvalue weighted by Crippen LogP contribution is -2.19. The van der Waals surface area contributed by atoms with Gasteiger partial charge in [0.1, 0.15) is 0 Å². The van der Waals surface area contributed by atoms with Crippen LogP contribution < -0.4 is 16.0 Å². The zero-order chi connectivity index (χ0) is 25.5. The minimum Gasteiger partial charge on any atom is -0.466 e. The zero-order valence-electron chi connectivity index (χ0n) is 19.7. The van der Waals surface area contributed by atoms with Gasteiger partial charge in [0.05, 0.1) is 29.2 Å². The minimum absolute atomic E-state index is 0.0916.